The highest BCUT2D eigenvalue weighted by atomic mass is 32.2. The van der Waals surface area contributed by atoms with E-state index in [2.05, 4.69) is 4.40 Å². The van der Waals surface area contributed by atoms with E-state index in [-0.39, 0.29) is 17.7 Å². The standard InChI is InChI=1S/C14H22FNOS/c1-9-7-8-12(15)13(10(9)2)11(3)16-18(17)14(4,5)6/h7-10H,1-6H3. The third kappa shape index (κ3) is 3.37. The minimum Gasteiger partial charge on any atom is -0.234 e. The van der Waals surface area contributed by atoms with Gasteiger partial charge in [0, 0.05) is 5.57 Å². The molecule has 4 heteroatoms. The Balaban J connectivity index is 3.10. The van der Waals surface area contributed by atoms with Gasteiger partial charge in [-0.15, -0.1) is 0 Å². The van der Waals surface area contributed by atoms with E-state index in [0.717, 1.165) is 0 Å². The van der Waals surface area contributed by atoms with Gasteiger partial charge < -0.3 is 0 Å². The van der Waals surface area contributed by atoms with Crippen molar-refractivity contribution in [1.29, 1.82) is 0 Å². The summed E-state index contributed by atoms with van der Waals surface area (Å²) in [7, 11) is -1.35. The van der Waals surface area contributed by atoms with Crippen molar-refractivity contribution in [2.75, 3.05) is 0 Å². The van der Waals surface area contributed by atoms with Crippen molar-refractivity contribution in [3.63, 3.8) is 0 Å². The van der Waals surface area contributed by atoms with Gasteiger partial charge in [0.15, 0.2) is 0 Å². The molecule has 0 heterocycles. The van der Waals surface area contributed by atoms with Gasteiger partial charge in [-0.3, -0.25) is 0 Å². The van der Waals surface area contributed by atoms with Crippen molar-refractivity contribution in [3.8, 4) is 0 Å². The first-order chi connectivity index (χ1) is 8.14. The molecule has 0 saturated heterocycles. The van der Waals surface area contributed by atoms with E-state index < -0.39 is 15.7 Å². The predicted molar refractivity (Wildman–Crippen MR) is 76.6 cm³/mol. The molecule has 0 radical (unpaired) electrons. The van der Waals surface area contributed by atoms with Gasteiger partial charge in [0.1, 0.15) is 16.8 Å². The molecule has 0 aromatic carbocycles. The molecule has 0 amide bonds. The van der Waals surface area contributed by atoms with E-state index in [1.807, 2.05) is 40.7 Å². The molecule has 3 atom stereocenters. The van der Waals surface area contributed by atoms with Crippen molar-refractivity contribution in [2.24, 2.45) is 16.2 Å². The van der Waals surface area contributed by atoms with Crippen LogP contribution in [0.5, 0.6) is 0 Å². The fourth-order valence-corrected chi connectivity index (χ4v) is 2.41. The lowest BCUT2D eigenvalue weighted by molar-refractivity contribution is 0.504. The molecule has 0 saturated carbocycles. The van der Waals surface area contributed by atoms with Crippen molar-refractivity contribution in [3.05, 3.63) is 23.6 Å². The Morgan fingerprint density at radius 1 is 1.39 bits per heavy atom. The van der Waals surface area contributed by atoms with Crippen LogP contribution in [0, 0.1) is 11.8 Å². The van der Waals surface area contributed by atoms with Gasteiger partial charge in [-0.25, -0.2) is 8.60 Å². The first-order valence-corrected chi connectivity index (χ1v) is 7.30. The second kappa shape index (κ2) is 5.47. The molecule has 0 fully saturated rings. The van der Waals surface area contributed by atoms with Crippen LogP contribution in [0.4, 0.5) is 4.39 Å². The van der Waals surface area contributed by atoms with Crippen molar-refractivity contribution < 1.29 is 8.60 Å². The van der Waals surface area contributed by atoms with Crippen molar-refractivity contribution in [1.82, 2.24) is 0 Å². The molecule has 2 nitrogen and oxygen atoms in total. The second-order valence-corrected chi connectivity index (χ2v) is 7.71. The minimum absolute atomic E-state index is 0.0655. The smallest absolute Gasteiger partial charge is 0.145 e. The highest BCUT2D eigenvalue weighted by Crippen LogP contribution is 2.31. The van der Waals surface area contributed by atoms with Crippen LogP contribution in [0.15, 0.2) is 27.9 Å². The molecule has 18 heavy (non-hydrogen) atoms. The normalized spacial score (nSPS) is 27.6. The van der Waals surface area contributed by atoms with Gasteiger partial charge in [0.2, 0.25) is 0 Å². The Hall–Kier alpha value is -0.770. The Morgan fingerprint density at radius 3 is 2.44 bits per heavy atom. The van der Waals surface area contributed by atoms with Crippen molar-refractivity contribution in [2.45, 2.75) is 46.3 Å². The number of nitrogens with zero attached hydrogens (tertiary/aromatic N) is 1. The van der Waals surface area contributed by atoms with Gasteiger partial charge in [-0.1, -0.05) is 19.9 Å². The number of allylic oxidation sites excluding steroid dienone is 4. The molecular formula is C14H22FNOS. The van der Waals surface area contributed by atoms with Crippen molar-refractivity contribution >= 4 is 16.7 Å². The highest BCUT2D eigenvalue weighted by Gasteiger charge is 2.26. The Morgan fingerprint density at radius 2 is 1.94 bits per heavy atom. The lowest BCUT2D eigenvalue weighted by atomic mass is 9.82. The van der Waals surface area contributed by atoms with Gasteiger partial charge in [-0.2, -0.15) is 4.40 Å². The van der Waals surface area contributed by atoms with E-state index in [0.29, 0.717) is 11.3 Å². The van der Waals surface area contributed by atoms with Crippen LogP contribution in [-0.2, 0) is 11.0 Å². The molecule has 0 aromatic heterocycles. The first kappa shape index (κ1) is 15.3. The van der Waals surface area contributed by atoms with Gasteiger partial charge in [-0.05, 0) is 45.6 Å². The summed E-state index contributed by atoms with van der Waals surface area (Å²) in [4.78, 5) is 0. The molecule has 1 rings (SSSR count). The summed E-state index contributed by atoms with van der Waals surface area (Å²) in [6.45, 7) is 11.3. The van der Waals surface area contributed by atoms with Gasteiger partial charge in [0.25, 0.3) is 0 Å². The van der Waals surface area contributed by atoms with Crippen LogP contribution in [0.1, 0.15) is 41.5 Å². The summed E-state index contributed by atoms with van der Waals surface area (Å²) in [6, 6.07) is 0. The van der Waals surface area contributed by atoms with Gasteiger partial charge in [0.05, 0.1) is 10.5 Å². The monoisotopic (exact) mass is 271 g/mol. The zero-order chi connectivity index (χ0) is 14.1. The van der Waals surface area contributed by atoms with E-state index in [1.165, 1.54) is 6.08 Å². The fourth-order valence-electron chi connectivity index (χ4n) is 1.79. The van der Waals surface area contributed by atoms with Gasteiger partial charge >= 0.3 is 0 Å². The Kier molecular flexibility index (Phi) is 4.65. The van der Waals surface area contributed by atoms with E-state index >= 15 is 0 Å². The number of rotatable bonds is 2. The SMILES string of the molecule is CC(=NS(=O)C(C)(C)C)C1=C(F)C=CC(C)C1C. The quantitative estimate of drug-likeness (QED) is 0.699. The predicted octanol–water partition coefficient (Wildman–Crippen LogP) is 3.98. The molecule has 0 spiro atoms. The molecule has 0 N–H and O–H groups in total. The largest absolute Gasteiger partial charge is 0.234 e. The minimum atomic E-state index is -1.35. The summed E-state index contributed by atoms with van der Waals surface area (Å²) >= 11 is 0. The molecule has 3 unspecified atom stereocenters. The van der Waals surface area contributed by atoms with E-state index in [9.17, 15) is 8.60 Å². The molecule has 1 aliphatic rings. The number of hydrogen-bond donors (Lipinski definition) is 0. The lowest BCUT2D eigenvalue weighted by Crippen LogP contribution is -2.23. The van der Waals surface area contributed by atoms with E-state index in [4.69, 9.17) is 0 Å². The maximum atomic E-state index is 13.9. The van der Waals surface area contributed by atoms with Crippen LogP contribution in [-0.4, -0.2) is 14.7 Å². The zero-order valence-corrected chi connectivity index (χ0v) is 12.8. The molecule has 0 aliphatic heterocycles. The average molecular weight is 271 g/mol. The maximum absolute atomic E-state index is 13.9. The highest BCUT2D eigenvalue weighted by molar-refractivity contribution is 7.85. The van der Waals surface area contributed by atoms with Crippen LogP contribution in [0.2, 0.25) is 0 Å². The Labute approximate surface area is 112 Å². The first-order valence-electron chi connectivity index (χ1n) is 6.20. The Bertz CT molecular complexity index is 443. The fraction of sp³-hybridized carbons (Fsp3) is 0.643. The maximum Gasteiger partial charge on any atom is 0.145 e. The topological polar surface area (TPSA) is 29.4 Å². The van der Waals surface area contributed by atoms with Crippen LogP contribution >= 0.6 is 0 Å². The zero-order valence-electron chi connectivity index (χ0n) is 12.0. The molecule has 1 aliphatic carbocycles. The summed E-state index contributed by atoms with van der Waals surface area (Å²) < 4.78 is 29.6. The number of halogens is 1. The summed E-state index contributed by atoms with van der Waals surface area (Å²) in [6.07, 6.45) is 3.34. The summed E-state index contributed by atoms with van der Waals surface area (Å²) in [5.74, 6) is 0.0798. The summed E-state index contributed by atoms with van der Waals surface area (Å²) in [5.41, 5.74) is 1.13. The molecular weight excluding hydrogens is 249 g/mol. The second-order valence-electron chi connectivity index (χ2n) is 5.81. The molecule has 102 valence electrons. The third-order valence-corrected chi connectivity index (χ3v) is 4.67. The summed E-state index contributed by atoms with van der Waals surface area (Å²) in [5, 5.41) is 0. The van der Waals surface area contributed by atoms with E-state index in [1.54, 1.807) is 6.92 Å². The molecule has 0 aromatic rings. The van der Waals surface area contributed by atoms with Crippen LogP contribution in [0.3, 0.4) is 0 Å². The molecule has 0 bridgehead atoms. The third-order valence-electron chi connectivity index (χ3n) is 3.18. The lowest BCUT2D eigenvalue weighted by Gasteiger charge is -2.24. The van der Waals surface area contributed by atoms with Crippen LogP contribution < -0.4 is 0 Å². The average Bonchev–Trinajstić information content (AvgIpc) is 2.22. The number of hydrogen-bond acceptors (Lipinski definition) is 1. The van der Waals surface area contributed by atoms with Crippen LogP contribution in [0.25, 0.3) is 0 Å².